The van der Waals surface area contributed by atoms with Crippen LogP contribution in [-0.4, -0.2) is 42.5 Å². The summed E-state index contributed by atoms with van der Waals surface area (Å²) >= 11 is 0. The quantitative estimate of drug-likeness (QED) is 0.827. The van der Waals surface area contributed by atoms with Gasteiger partial charge in [-0.2, -0.15) is 4.31 Å². The lowest BCUT2D eigenvalue weighted by Gasteiger charge is -2.29. The van der Waals surface area contributed by atoms with Crippen LogP contribution < -0.4 is 0 Å². The van der Waals surface area contributed by atoms with Crippen molar-refractivity contribution in [2.24, 2.45) is 0 Å². The van der Waals surface area contributed by atoms with Gasteiger partial charge in [0.25, 0.3) is 0 Å². The maximum Gasteiger partial charge on any atom is 0.216 e. The molecule has 25 heavy (non-hydrogen) atoms. The van der Waals surface area contributed by atoms with Gasteiger partial charge >= 0.3 is 0 Å². The molecule has 0 bridgehead atoms. The molecule has 2 aromatic rings. The highest BCUT2D eigenvalue weighted by Crippen LogP contribution is 2.40. The molecule has 2 heterocycles. The van der Waals surface area contributed by atoms with Crippen LogP contribution in [0.5, 0.6) is 0 Å². The SMILES string of the molecule is O=S(=O)(CCc1ccccc1)N1CC2CCCN2C1c1ccccc1. The third-order valence-corrected chi connectivity index (χ3v) is 7.13. The Labute approximate surface area is 150 Å². The van der Waals surface area contributed by atoms with Crippen LogP contribution in [-0.2, 0) is 16.4 Å². The zero-order chi connectivity index (χ0) is 17.3. The van der Waals surface area contributed by atoms with Gasteiger partial charge in [0.1, 0.15) is 6.17 Å². The standard InChI is InChI=1S/C20H24N2O2S/c23-25(24,15-13-17-8-3-1-4-9-17)22-16-19-12-7-14-21(19)20(22)18-10-5-2-6-11-18/h1-6,8-11,19-20H,7,12-16H2. The van der Waals surface area contributed by atoms with Gasteiger partial charge in [0.15, 0.2) is 0 Å². The molecule has 2 aliphatic heterocycles. The lowest BCUT2D eigenvalue weighted by molar-refractivity contribution is 0.198. The highest BCUT2D eigenvalue weighted by atomic mass is 32.2. The van der Waals surface area contributed by atoms with Crippen LogP contribution in [0.3, 0.4) is 0 Å². The van der Waals surface area contributed by atoms with Crippen LogP contribution >= 0.6 is 0 Å². The van der Waals surface area contributed by atoms with Gasteiger partial charge in [0, 0.05) is 19.1 Å². The first-order valence-corrected chi connectivity index (χ1v) is 10.6. The Kier molecular flexibility index (Phi) is 4.63. The number of hydrogen-bond acceptors (Lipinski definition) is 3. The highest BCUT2D eigenvalue weighted by molar-refractivity contribution is 7.89. The first-order chi connectivity index (χ1) is 12.1. The second-order valence-corrected chi connectivity index (χ2v) is 8.98. The molecule has 2 atom stereocenters. The molecule has 5 heteroatoms. The molecule has 132 valence electrons. The molecular formula is C20H24N2O2S. The van der Waals surface area contributed by atoms with Crippen molar-refractivity contribution in [1.29, 1.82) is 0 Å². The van der Waals surface area contributed by atoms with Gasteiger partial charge in [-0.3, -0.25) is 4.90 Å². The largest absolute Gasteiger partial charge is 0.279 e. The van der Waals surface area contributed by atoms with E-state index in [9.17, 15) is 8.42 Å². The average molecular weight is 356 g/mol. The number of aryl methyl sites for hydroxylation is 1. The molecule has 0 radical (unpaired) electrons. The Bertz CT molecular complexity index is 808. The summed E-state index contributed by atoms with van der Waals surface area (Å²) in [7, 11) is -3.31. The van der Waals surface area contributed by atoms with E-state index in [1.165, 1.54) is 0 Å². The molecule has 2 unspecified atom stereocenters. The van der Waals surface area contributed by atoms with Crippen molar-refractivity contribution >= 4 is 10.0 Å². The molecule has 0 saturated carbocycles. The minimum absolute atomic E-state index is 0.144. The molecule has 4 nitrogen and oxygen atoms in total. The second kappa shape index (κ2) is 6.90. The predicted octanol–water partition coefficient (Wildman–Crippen LogP) is 3.04. The van der Waals surface area contributed by atoms with E-state index in [2.05, 4.69) is 4.90 Å². The number of nitrogens with zero attached hydrogens (tertiary/aromatic N) is 2. The highest BCUT2D eigenvalue weighted by Gasteiger charge is 2.47. The lowest BCUT2D eigenvalue weighted by atomic mass is 10.1. The van der Waals surface area contributed by atoms with Gasteiger partial charge in [0.05, 0.1) is 5.75 Å². The van der Waals surface area contributed by atoms with Crippen molar-refractivity contribution < 1.29 is 8.42 Å². The summed E-state index contributed by atoms with van der Waals surface area (Å²) < 4.78 is 28.0. The molecule has 0 aliphatic carbocycles. The minimum atomic E-state index is -3.31. The van der Waals surface area contributed by atoms with Crippen molar-refractivity contribution in [3.63, 3.8) is 0 Å². The van der Waals surface area contributed by atoms with Crippen molar-refractivity contribution in [3.8, 4) is 0 Å². The Morgan fingerprint density at radius 1 is 0.960 bits per heavy atom. The van der Waals surface area contributed by atoms with Crippen LogP contribution in [0.2, 0.25) is 0 Å². The maximum atomic E-state index is 13.1. The van der Waals surface area contributed by atoms with Crippen LogP contribution in [0, 0.1) is 0 Å². The molecule has 0 aromatic heterocycles. The van der Waals surface area contributed by atoms with Crippen LogP contribution in [0.4, 0.5) is 0 Å². The Morgan fingerprint density at radius 3 is 2.36 bits per heavy atom. The minimum Gasteiger partial charge on any atom is -0.279 e. The first-order valence-electron chi connectivity index (χ1n) is 8.99. The number of hydrogen-bond donors (Lipinski definition) is 0. The van der Waals surface area contributed by atoms with Crippen molar-refractivity contribution in [2.45, 2.75) is 31.5 Å². The Morgan fingerprint density at radius 2 is 1.64 bits per heavy atom. The zero-order valence-corrected chi connectivity index (χ0v) is 15.1. The number of fused-ring (bicyclic) bond motifs is 1. The molecule has 2 saturated heterocycles. The molecule has 2 aliphatic rings. The summed E-state index contributed by atoms with van der Waals surface area (Å²) in [6.07, 6.45) is 2.67. The fraction of sp³-hybridized carbons (Fsp3) is 0.400. The number of benzene rings is 2. The summed E-state index contributed by atoms with van der Waals surface area (Å²) in [4.78, 5) is 2.37. The summed E-state index contributed by atoms with van der Waals surface area (Å²) in [5.41, 5.74) is 2.15. The van der Waals surface area contributed by atoms with Crippen molar-refractivity contribution in [2.75, 3.05) is 18.8 Å². The van der Waals surface area contributed by atoms with Gasteiger partial charge in [-0.05, 0) is 30.4 Å². The average Bonchev–Trinajstić information content (AvgIpc) is 3.23. The van der Waals surface area contributed by atoms with Gasteiger partial charge in [-0.1, -0.05) is 60.7 Å². The van der Waals surface area contributed by atoms with Crippen LogP contribution in [0.25, 0.3) is 0 Å². The van der Waals surface area contributed by atoms with E-state index in [0.717, 1.165) is 30.5 Å². The second-order valence-electron chi connectivity index (χ2n) is 6.94. The topological polar surface area (TPSA) is 40.6 Å². The van der Waals surface area contributed by atoms with Gasteiger partial charge in [-0.15, -0.1) is 0 Å². The third kappa shape index (κ3) is 3.36. The fourth-order valence-corrected chi connectivity index (χ4v) is 5.78. The molecular weight excluding hydrogens is 332 g/mol. The van der Waals surface area contributed by atoms with Crippen LogP contribution in [0.1, 0.15) is 30.1 Å². The van der Waals surface area contributed by atoms with Crippen molar-refractivity contribution in [3.05, 3.63) is 71.8 Å². The fourth-order valence-electron chi connectivity index (χ4n) is 4.11. The van der Waals surface area contributed by atoms with E-state index in [1.807, 2.05) is 60.7 Å². The Hall–Kier alpha value is -1.69. The Balaban J connectivity index is 1.58. The van der Waals surface area contributed by atoms with Crippen LogP contribution in [0.15, 0.2) is 60.7 Å². The summed E-state index contributed by atoms with van der Waals surface area (Å²) in [6.45, 7) is 1.60. The normalized spacial score (nSPS) is 24.5. The summed E-state index contributed by atoms with van der Waals surface area (Å²) in [5.74, 6) is 0.168. The molecule has 0 N–H and O–H groups in total. The monoisotopic (exact) mass is 356 g/mol. The molecule has 4 rings (SSSR count). The number of rotatable bonds is 5. The van der Waals surface area contributed by atoms with E-state index >= 15 is 0 Å². The predicted molar refractivity (Wildman–Crippen MR) is 99.5 cm³/mol. The summed E-state index contributed by atoms with van der Waals surface area (Å²) in [5, 5.41) is 0. The molecule has 2 aromatic carbocycles. The maximum absolute atomic E-state index is 13.1. The van der Waals surface area contributed by atoms with E-state index < -0.39 is 10.0 Å². The van der Waals surface area contributed by atoms with E-state index in [0.29, 0.717) is 19.0 Å². The molecule has 2 fully saturated rings. The zero-order valence-electron chi connectivity index (χ0n) is 14.3. The molecule has 0 amide bonds. The molecule has 0 spiro atoms. The lowest BCUT2D eigenvalue weighted by Crippen LogP contribution is -2.37. The van der Waals surface area contributed by atoms with E-state index in [-0.39, 0.29) is 11.9 Å². The van der Waals surface area contributed by atoms with Gasteiger partial charge in [0.2, 0.25) is 10.0 Å². The van der Waals surface area contributed by atoms with E-state index in [1.54, 1.807) is 4.31 Å². The third-order valence-electron chi connectivity index (χ3n) is 5.35. The van der Waals surface area contributed by atoms with Crippen molar-refractivity contribution in [1.82, 2.24) is 9.21 Å². The smallest absolute Gasteiger partial charge is 0.216 e. The van der Waals surface area contributed by atoms with Gasteiger partial charge < -0.3 is 0 Å². The summed E-state index contributed by atoms with van der Waals surface area (Å²) in [6, 6.07) is 20.3. The number of sulfonamides is 1. The van der Waals surface area contributed by atoms with E-state index in [4.69, 9.17) is 0 Å². The first kappa shape index (κ1) is 16.8. The van der Waals surface area contributed by atoms with Gasteiger partial charge in [-0.25, -0.2) is 8.42 Å².